The minimum atomic E-state index is 0.357. The molecule has 2 heteroatoms. The van der Waals surface area contributed by atoms with E-state index in [1.165, 1.54) is 0 Å². The van der Waals surface area contributed by atoms with Crippen LogP contribution in [0.5, 0.6) is 11.5 Å². The standard InChI is InChI=1S/C12H18O2/c1-3-5-8-14-11-6-7-12(13)10(4-2)9-11/h6-7,9,13H,3-5,8H2,1-2H3. The van der Waals surface area contributed by atoms with E-state index >= 15 is 0 Å². The number of hydrogen-bond donors (Lipinski definition) is 1. The van der Waals surface area contributed by atoms with Crippen molar-refractivity contribution in [1.82, 2.24) is 0 Å². The van der Waals surface area contributed by atoms with Gasteiger partial charge in [0.15, 0.2) is 0 Å². The molecule has 0 unspecified atom stereocenters. The molecule has 0 aliphatic heterocycles. The van der Waals surface area contributed by atoms with Crippen LogP contribution in [0.25, 0.3) is 0 Å². The van der Waals surface area contributed by atoms with Gasteiger partial charge in [-0.05, 0) is 36.6 Å². The van der Waals surface area contributed by atoms with Crippen LogP contribution in [0.3, 0.4) is 0 Å². The zero-order chi connectivity index (χ0) is 10.4. The highest BCUT2D eigenvalue weighted by Gasteiger charge is 2.00. The van der Waals surface area contributed by atoms with Crippen LogP contribution in [0.15, 0.2) is 18.2 Å². The fraction of sp³-hybridized carbons (Fsp3) is 0.500. The third-order valence-electron chi connectivity index (χ3n) is 2.20. The zero-order valence-corrected chi connectivity index (χ0v) is 8.92. The summed E-state index contributed by atoms with van der Waals surface area (Å²) in [6, 6.07) is 5.41. The van der Waals surface area contributed by atoms with Crippen LogP contribution in [0, 0.1) is 0 Å². The normalized spacial score (nSPS) is 10.1. The summed E-state index contributed by atoms with van der Waals surface area (Å²) in [5, 5.41) is 9.45. The Bertz CT molecular complexity index is 282. The Labute approximate surface area is 85.5 Å². The highest BCUT2D eigenvalue weighted by atomic mass is 16.5. The average Bonchev–Trinajstić information content (AvgIpc) is 2.21. The van der Waals surface area contributed by atoms with Crippen molar-refractivity contribution in [2.75, 3.05) is 6.61 Å². The van der Waals surface area contributed by atoms with Crippen LogP contribution >= 0.6 is 0 Å². The quantitative estimate of drug-likeness (QED) is 0.730. The van der Waals surface area contributed by atoms with Crippen molar-refractivity contribution in [3.05, 3.63) is 23.8 Å². The monoisotopic (exact) mass is 194 g/mol. The summed E-state index contributed by atoms with van der Waals surface area (Å²) in [4.78, 5) is 0. The van der Waals surface area contributed by atoms with Crippen LogP contribution in [-0.2, 0) is 6.42 Å². The largest absolute Gasteiger partial charge is 0.508 e. The van der Waals surface area contributed by atoms with Gasteiger partial charge in [-0.25, -0.2) is 0 Å². The van der Waals surface area contributed by atoms with E-state index in [2.05, 4.69) is 6.92 Å². The zero-order valence-electron chi connectivity index (χ0n) is 8.92. The van der Waals surface area contributed by atoms with Gasteiger partial charge in [0, 0.05) is 0 Å². The number of phenols is 1. The van der Waals surface area contributed by atoms with Gasteiger partial charge < -0.3 is 9.84 Å². The molecule has 0 saturated carbocycles. The molecule has 0 aromatic heterocycles. The first-order valence-electron chi connectivity index (χ1n) is 5.22. The molecule has 2 nitrogen and oxygen atoms in total. The SMILES string of the molecule is CCCCOc1ccc(O)c(CC)c1. The van der Waals surface area contributed by atoms with Crippen molar-refractivity contribution >= 4 is 0 Å². The number of aromatic hydroxyl groups is 1. The molecule has 0 atom stereocenters. The van der Waals surface area contributed by atoms with Gasteiger partial charge in [-0.1, -0.05) is 20.3 Å². The van der Waals surface area contributed by atoms with E-state index in [1.807, 2.05) is 19.1 Å². The number of rotatable bonds is 5. The molecule has 0 aliphatic rings. The third-order valence-corrected chi connectivity index (χ3v) is 2.20. The summed E-state index contributed by atoms with van der Waals surface area (Å²) in [5.41, 5.74) is 0.944. The summed E-state index contributed by atoms with van der Waals surface area (Å²) < 4.78 is 5.53. The highest BCUT2D eigenvalue weighted by Crippen LogP contribution is 2.23. The van der Waals surface area contributed by atoms with Gasteiger partial charge in [-0.2, -0.15) is 0 Å². The molecular formula is C12H18O2. The molecule has 0 saturated heterocycles. The molecule has 78 valence electrons. The fourth-order valence-corrected chi connectivity index (χ4v) is 1.27. The number of phenolic OH excluding ortho intramolecular Hbond substituents is 1. The molecule has 0 radical (unpaired) electrons. The molecule has 0 bridgehead atoms. The van der Waals surface area contributed by atoms with E-state index in [4.69, 9.17) is 4.74 Å². The maximum absolute atomic E-state index is 9.45. The molecule has 1 N–H and O–H groups in total. The number of hydrogen-bond acceptors (Lipinski definition) is 2. The topological polar surface area (TPSA) is 29.5 Å². The first-order valence-corrected chi connectivity index (χ1v) is 5.22. The second-order valence-corrected chi connectivity index (χ2v) is 3.35. The highest BCUT2D eigenvalue weighted by molar-refractivity contribution is 5.39. The van der Waals surface area contributed by atoms with Crippen molar-refractivity contribution < 1.29 is 9.84 Å². The Hall–Kier alpha value is -1.18. The predicted molar refractivity (Wildman–Crippen MR) is 57.9 cm³/mol. The third kappa shape index (κ3) is 2.95. The van der Waals surface area contributed by atoms with Crippen LogP contribution in [0.1, 0.15) is 32.3 Å². The maximum atomic E-state index is 9.45. The van der Waals surface area contributed by atoms with Crippen molar-refractivity contribution in [3.63, 3.8) is 0 Å². The van der Waals surface area contributed by atoms with Crippen molar-refractivity contribution in [2.24, 2.45) is 0 Å². The first kappa shape index (κ1) is 10.9. The maximum Gasteiger partial charge on any atom is 0.119 e. The fourth-order valence-electron chi connectivity index (χ4n) is 1.27. The number of unbranched alkanes of at least 4 members (excludes halogenated alkanes) is 1. The lowest BCUT2D eigenvalue weighted by molar-refractivity contribution is 0.308. The Balaban J connectivity index is 2.60. The van der Waals surface area contributed by atoms with E-state index in [-0.39, 0.29) is 0 Å². The smallest absolute Gasteiger partial charge is 0.119 e. The van der Waals surface area contributed by atoms with E-state index in [1.54, 1.807) is 6.07 Å². The Kier molecular flexibility index (Phi) is 4.30. The summed E-state index contributed by atoms with van der Waals surface area (Å²) in [7, 11) is 0. The number of benzene rings is 1. The van der Waals surface area contributed by atoms with Gasteiger partial charge in [-0.15, -0.1) is 0 Å². The summed E-state index contributed by atoms with van der Waals surface area (Å²) in [6.45, 7) is 4.91. The molecule has 14 heavy (non-hydrogen) atoms. The van der Waals surface area contributed by atoms with Crippen LogP contribution < -0.4 is 4.74 Å². The molecule has 0 heterocycles. The van der Waals surface area contributed by atoms with Gasteiger partial charge in [0.05, 0.1) is 6.61 Å². The van der Waals surface area contributed by atoms with E-state index in [0.29, 0.717) is 5.75 Å². The molecule has 0 fully saturated rings. The van der Waals surface area contributed by atoms with Crippen molar-refractivity contribution in [1.29, 1.82) is 0 Å². The lowest BCUT2D eigenvalue weighted by Crippen LogP contribution is -1.96. The molecule has 1 rings (SSSR count). The Morgan fingerprint density at radius 2 is 2.07 bits per heavy atom. The molecular weight excluding hydrogens is 176 g/mol. The minimum Gasteiger partial charge on any atom is -0.508 e. The minimum absolute atomic E-state index is 0.357. The van der Waals surface area contributed by atoms with E-state index in [0.717, 1.165) is 37.2 Å². The van der Waals surface area contributed by atoms with Crippen molar-refractivity contribution in [2.45, 2.75) is 33.1 Å². The molecule has 1 aromatic rings. The van der Waals surface area contributed by atoms with E-state index in [9.17, 15) is 5.11 Å². The first-order chi connectivity index (χ1) is 6.77. The van der Waals surface area contributed by atoms with Crippen LogP contribution in [0.2, 0.25) is 0 Å². The van der Waals surface area contributed by atoms with Gasteiger partial charge in [0.2, 0.25) is 0 Å². The van der Waals surface area contributed by atoms with Crippen LogP contribution in [0.4, 0.5) is 0 Å². The molecule has 0 spiro atoms. The van der Waals surface area contributed by atoms with E-state index < -0.39 is 0 Å². The lowest BCUT2D eigenvalue weighted by atomic mass is 10.1. The number of ether oxygens (including phenoxy) is 1. The summed E-state index contributed by atoms with van der Waals surface area (Å²) >= 11 is 0. The number of aryl methyl sites for hydroxylation is 1. The molecule has 0 amide bonds. The summed E-state index contributed by atoms with van der Waals surface area (Å²) in [5.74, 6) is 1.21. The Morgan fingerprint density at radius 1 is 1.29 bits per heavy atom. The van der Waals surface area contributed by atoms with Gasteiger partial charge in [0.1, 0.15) is 11.5 Å². The molecule has 0 aliphatic carbocycles. The predicted octanol–water partition coefficient (Wildman–Crippen LogP) is 3.13. The van der Waals surface area contributed by atoms with Crippen molar-refractivity contribution in [3.8, 4) is 11.5 Å². The van der Waals surface area contributed by atoms with Crippen LogP contribution in [-0.4, -0.2) is 11.7 Å². The second kappa shape index (κ2) is 5.53. The Morgan fingerprint density at radius 3 is 2.71 bits per heavy atom. The van der Waals surface area contributed by atoms with Gasteiger partial charge >= 0.3 is 0 Å². The second-order valence-electron chi connectivity index (χ2n) is 3.35. The summed E-state index contributed by atoms with van der Waals surface area (Å²) in [6.07, 6.45) is 3.04. The van der Waals surface area contributed by atoms with Gasteiger partial charge in [0.25, 0.3) is 0 Å². The lowest BCUT2D eigenvalue weighted by Gasteiger charge is -2.07. The van der Waals surface area contributed by atoms with Gasteiger partial charge in [-0.3, -0.25) is 0 Å². The molecule has 1 aromatic carbocycles. The average molecular weight is 194 g/mol.